The fraction of sp³-hybridized carbons (Fsp3) is 0.462. The molecule has 19 heavy (non-hydrogen) atoms. The van der Waals surface area contributed by atoms with E-state index in [1.54, 1.807) is 12.1 Å². The Labute approximate surface area is 117 Å². The van der Waals surface area contributed by atoms with Gasteiger partial charge in [0, 0.05) is 12.1 Å². The number of halogens is 1. The van der Waals surface area contributed by atoms with Crippen molar-refractivity contribution in [3.63, 3.8) is 0 Å². The summed E-state index contributed by atoms with van der Waals surface area (Å²) in [6, 6.07) is 2.71. The number of carbonyl (C=O) groups is 1. The van der Waals surface area contributed by atoms with Crippen molar-refractivity contribution in [3.8, 4) is 11.5 Å². The number of rotatable bonds is 4. The molecule has 0 spiro atoms. The minimum absolute atomic E-state index is 0.163. The SMILES string of the molecule is CC(C)C[C@H](N)C(=O)Nc1cc2c(cc1Cl)OCO2. The lowest BCUT2D eigenvalue weighted by Crippen LogP contribution is -2.36. The summed E-state index contributed by atoms with van der Waals surface area (Å²) in [7, 11) is 0. The Morgan fingerprint density at radius 2 is 2.05 bits per heavy atom. The first-order chi connectivity index (χ1) is 8.97. The number of carbonyl (C=O) groups excluding carboxylic acids is 1. The first-order valence-corrected chi connectivity index (χ1v) is 6.50. The molecule has 0 bridgehead atoms. The number of amides is 1. The standard InChI is InChI=1S/C13H17ClN2O3/c1-7(2)3-9(15)13(17)16-10-5-12-11(4-8(10)14)18-6-19-12/h4-5,7,9H,3,6,15H2,1-2H3,(H,16,17)/t9-/m0/s1. The molecule has 0 fully saturated rings. The highest BCUT2D eigenvalue weighted by Crippen LogP contribution is 2.39. The van der Waals surface area contributed by atoms with Crippen LogP contribution in [0.3, 0.4) is 0 Å². The van der Waals surface area contributed by atoms with Crippen LogP contribution in [0.25, 0.3) is 0 Å². The van der Waals surface area contributed by atoms with Gasteiger partial charge in [-0.15, -0.1) is 0 Å². The van der Waals surface area contributed by atoms with Gasteiger partial charge >= 0.3 is 0 Å². The van der Waals surface area contributed by atoms with E-state index in [0.29, 0.717) is 34.5 Å². The maximum atomic E-state index is 11.9. The lowest BCUT2D eigenvalue weighted by molar-refractivity contribution is -0.117. The second-order valence-electron chi connectivity index (χ2n) is 4.91. The summed E-state index contributed by atoms with van der Waals surface area (Å²) in [6.07, 6.45) is 0.619. The van der Waals surface area contributed by atoms with Crippen molar-refractivity contribution in [2.75, 3.05) is 12.1 Å². The molecule has 0 unspecified atom stereocenters. The Hall–Kier alpha value is -1.46. The van der Waals surface area contributed by atoms with Crippen LogP contribution in [0, 0.1) is 5.92 Å². The van der Waals surface area contributed by atoms with Crippen molar-refractivity contribution >= 4 is 23.2 Å². The van der Waals surface area contributed by atoms with Gasteiger partial charge in [0.1, 0.15) is 0 Å². The minimum Gasteiger partial charge on any atom is -0.454 e. The van der Waals surface area contributed by atoms with Gasteiger partial charge in [-0.2, -0.15) is 0 Å². The molecule has 0 radical (unpaired) electrons. The third kappa shape index (κ3) is 3.30. The van der Waals surface area contributed by atoms with Crippen molar-refractivity contribution in [3.05, 3.63) is 17.2 Å². The molecule has 0 saturated carbocycles. The predicted octanol–water partition coefficient (Wildman–Crippen LogP) is 2.38. The molecule has 0 aliphatic carbocycles. The number of anilines is 1. The van der Waals surface area contributed by atoms with Crippen LogP contribution in [0.4, 0.5) is 5.69 Å². The van der Waals surface area contributed by atoms with E-state index in [1.807, 2.05) is 13.8 Å². The summed E-state index contributed by atoms with van der Waals surface area (Å²) < 4.78 is 10.4. The number of hydrogen-bond acceptors (Lipinski definition) is 4. The lowest BCUT2D eigenvalue weighted by Gasteiger charge is -2.15. The zero-order valence-corrected chi connectivity index (χ0v) is 11.7. The first-order valence-electron chi connectivity index (χ1n) is 6.13. The van der Waals surface area contributed by atoms with Gasteiger partial charge in [-0.25, -0.2) is 0 Å². The Bertz CT molecular complexity index is 491. The van der Waals surface area contributed by atoms with Gasteiger partial charge in [-0.3, -0.25) is 4.79 Å². The molecule has 3 N–H and O–H groups in total. The van der Waals surface area contributed by atoms with Gasteiger partial charge < -0.3 is 20.5 Å². The van der Waals surface area contributed by atoms with E-state index >= 15 is 0 Å². The highest BCUT2D eigenvalue weighted by atomic mass is 35.5. The Morgan fingerprint density at radius 1 is 1.42 bits per heavy atom. The largest absolute Gasteiger partial charge is 0.454 e. The van der Waals surface area contributed by atoms with Crippen LogP contribution in [0.2, 0.25) is 5.02 Å². The van der Waals surface area contributed by atoms with E-state index in [9.17, 15) is 4.79 Å². The quantitative estimate of drug-likeness (QED) is 0.890. The minimum atomic E-state index is -0.554. The molecule has 6 heteroatoms. The average molecular weight is 285 g/mol. The highest BCUT2D eigenvalue weighted by Gasteiger charge is 2.20. The summed E-state index contributed by atoms with van der Waals surface area (Å²) in [5.74, 6) is 1.24. The van der Waals surface area contributed by atoms with E-state index < -0.39 is 6.04 Å². The van der Waals surface area contributed by atoms with Crippen molar-refractivity contribution in [2.24, 2.45) is 11.7 Å². The summed E-state index contributed by atoms with van der Waals surface area (Å²) in [5, 5.41) is 3.11. The molecule has 1 aliphatic heterocycles. The molecule has 5 nitrogen and oxygen atoms in total. The molecular weight excluding hydrogens is 268 g/mol. The fourth-order valence-corrected chi connectivity index (χ4v) is 2.05. The van der Waals surface area contributed by atoms with Crippen LogP contribution < -0.4 is 20.5 Å². The highest BCUT2D eigenvalue weighted by molar-refractivity contribution is 6.34. The van der Waals surface area contributed by atoms with Gasteiger partial charge in [-0.05, 0) is 12.3 Å². The Kier molecular flexibility index (Phi) is 4.17. The second-order valence-corrected chi connectivity index (χ2v) is 5.32. The summed E-state index contributed by atoms with van der Waals surface area (Å²) in [5.41, 5.74) is 6.30. The van der Waals surface area contributed by atoms with Crippen LogP contribution >= 0.6 is 11.6 Å². The van der Waals surface area contributed by atoms with Crippen LogP contribution in [0.5, 0.6) is 11.5 Å². The third-order valence-corrected chi connectivity index (χ3v) is 3.09. The lowest BCUT2D eigenvalue weighted by atomic mass is 10.0. The zero-order chi connectivity index (χ0) is 14.0. The normalized spacial score (nSPS) is 14.6. The number of nitrogens with two attached hydrogens (primary N) is 1. The molecule has 1 amide bonds. The van der Waals surface area contributed by atoms with Crippen molar-refractivity contribution in [1.82, 2.24) is 0 Å². The summed E-state index contributed by atoms with van der Waals surface area (Å²) in [4.78, 5) is 11.9. The van der Waals surface area contributed by atoms with Crippen molar-refractivity contribution in [1.29, 1.82) is 0 Å². The molecule has 2 rings (SSSR count). The predicted molar refractivity (Wildman–Crippen MR) is 73.6 cm³/mol. The molecule has 1 atom stereocenters. The fourth-order valence-electron chi connectivity index (χ4n) is 1.85. The maximum absolute atomic E-state index is 11.9. The van der Waals surface area contributed by atoms with Gasteiger partial charge in [0.25, 0.3) is 0 Å². The monoisotopic (exact) mass is 284 g/mol. The van der Waals surface area contributed by atoms with Gasteiger partial charge in [0.2, 0.25) is 12.7 Å². The number of fused-ring (bicyclic) bond motifs is 1. The molecule has 1 heterocycles. The molecule has 0 aromatic heterocycles. The molecular formula is C13H17ClN2O3. The smallest absolute Gasteiger partial charge is 0.241 e. The molecule has 1 aromatic rings. The van der Waals surface area contributed by atoms with Crippen LogP contribution in [-0.2, 0) is 4.79 Å². The van der Waals surface area contributed by atoms with Gasteiger partial charge in [0.05, 0.1) is 16.8 Å². The third-order valence-electron chi connectivity index (χ3n) is 2.78. The zero-order valence-electron chi connectivity index (χ0n) is 10.9. The van der Waals surface area contributed by atoms with Gasteiger partial charge in [0.15, 0.2) is 11.5 Å². The molecule has 0 saturated heterocycles. The summed E-state index contributed by atoms with van der Waals surface area (Å²) in [6.45, 7) is 4.19. The van der Waals surface area contributed by atoms with E-state index in [1.165, 1.54) is 0 Å². The Balaban J connectivity index is 2.09. The van der Waals surface area contributed by atoms with E-state index in [4.69, 9.17) is 26.8 Å². The van der Waals surface area contributed by atoms with Crippen LogP contribution in [0.15, 0.2) is 12.1 Å². The number of ether oxygens (including phenoxy) is 2. The van der Waals surface area contributed by atoms with E-state index in [0.717, 1.165) is 0 Å². The van der Waals surface area contributed by atoms with Crippen molar-refractivity contribution in [2.45, 2.75) is 26.3 Å². The maximum Gasteiger partial charge on any atom is 0.241 e. The summed E-state index contributed by atoms with van der Waals surface area (Å²) >= 11 is 6.07. The van der Waals surface area contributed by atoms with E-state index in [-0.39, 0.29) is 12.7 Å². The molecule has 104 valence electrons. The number of hydrogen-bond donors (Lipinski definition) is 2. The van der Waals surface area contributed by atoms with Crippen LogP contribution in [-0.4, -0.2) is 18.7 Å². The molecule has 1 aromatic carbocycles. The van der Waals surface area contributed by atoms with Crippen LogP contribution in [0.1, 0.15) is 20.3 Å². The van der Waals surface area contributed by atoms with Gasteiger partial charge in [-0.1, -0.05) is 25.4 Å². The first kappa shape index (κ1) is 14.0. The number of benzene rings is 1. The van der Waals surface area contributed by atoms with E-state index in [2.05, 4.69) is 5.32 Å². The molecule has 1 aliphatic rings. The Morgan fingerprint density at radius 3 is 2.68 bits per heavy atom. The average Bonchev–Trinajstić information content (AvgIpc) is 2.75. The van der Waals surface area contributed by atoms with Crippen molar-refractivity contribution < 1.29 is 14.3 Å². The number of nitrogens with one attached hydrogen (secondary N) is 1. The topological polar surface area (TPSA) is 73.6 Å². The second kappa shape index (κ2) is 5.67.